The second-order valence-corrected chi connectivity index (χ2v) is 4.70. The topological polar surface area (TPSA) is 82.5 Å². The highest BCUT2D eigenvalue weighted by molar-refractivity contribution is 7.17. The van der Waals surface area contributed by atoms with Crippen molar-refractivity contribution in [1.29, 1.82) is 0 Å². The van der Waals surface area contributed by atoms with Gasteiger partial charge in [0.25, 0.3) is 0 Å². The highest BCUT2D eigenvalue weighted by Crippen LogP contribution is 2.22. The van der Waals surface area contributed by atoms with Crippen LogP contribution in [0.15, 0.2) is 0 Å². The lowest BCUT2D eigenvalue weighted by Gasteiger charge is -2.09. The average molecular weight is 257 g/mol. The Morgan fingerprint density at radius 3 is 2.59 bits per heavy atom. The van der Waals surface area contributed by atoms with E-state index in [9.17, 15) is 9.59 Å². The van der Waals surface area contributed by atoms with Gasteiger partial charge in [-0.1, -0.05) is 11.3 Å². The lowest BCUT2D eigenvalue weighted by molar-refractivity contribution is -0.128. The van der Waals surface area contributed by atoms with E-state index in [1.54, 1.807) is 21.0 Å². The van der Waals surface area contributed by atoms with Crippen LogP contribution in [0.5, 0.6) is 0 Å². The highest BCUT2D eigenvalue weighted by Gasteiger charge is 2.13. The Kier molecular flexibility index (Phi) is 4.45. The molecular formula is C10H15N3O3S. The van der Waals surface area contributed by atoms with Crippen molar-refractivity contribution in [3.8, 4) is 0 Å². The zero-order valence-corrected chi connectivity index (χ0v) is 10.8. The fraction of sp³-hybridized carbons (Fsp3) is 0.500. The molecule has 1 aromatic rings. The molecule has 17 heavy (non-hydrogen) atoms. The Balaban J connectivity index is 2.50. The molecule has 0 saturated heterocycles. The Morgan fingerprint density at radius 1 is 1.47 bits per heavy atom. The SMILES string of the molecule is Cc1nc(NCCC(=O)N(C)C)sc1C(=O)O. The number of carbonyl (C=O) groups is 2. The summed E-state index contributed by atoms with van der Waals surface area (Å²) in [6, 6.07) is 0. The van der Waals surface area contributed by atoms with E-state index in [0.717, 1.165) is 11.3 Å². The third kappa shape index (κ3) is 3.70. The zero-order valence-electron chi connectivity index (χ0n) is 9.98. The van der Waals surface area contributed by atoms with Crippen molar-refractivity contribution in [3.63, 3.8) is 0 Å². The molecule has 0 spiro atoms. The van der Waals surface area contributed by atoms with Crippen LogP contribution < -0.4 is 5.32 Å². The Hall–Kier alpha value is -1.63. The summed E-state index contributed by atoms with van der Waals surface area (Å²) in [5, 5.41) is 12.3. The molecule has 0 unspecified atom stereocenters. The minimum atomic E-state index is -0.975. The number of carbonyl (C=O) groups excluding carboxylic acids is 1. The summed E-state index contributed by atoms with van der Waals surface area (Å²) in [6.07, 6.45) is 0.355. The van der Waals surface area contributed by atoms with Gasteiger partial charge in [-0.05, 0) is 6.92 Å². The van der Waals surface area contributed by atoms with Gasteiger partial charge in [-0.3, -0.25) is 4.79 Å². The summed E-state index contributed by atoms with van der Waals surface area (Å²) < 4.78 is 0. The normalized spacial score (nSPS) is 10.1. The van der Waals surface area contributed by atoms with Gasteiger partial charge in [-0.25, -0.2) is 9.78 Å². The molecule has 6 nitrogen and oxygen atoms in total. The molecule has 2 N–H and O–H groups in total. The molecule has 0 aliphatic carbocycles. The molecule has 1 aromatic heterocycles. The van der Waals surface area contributed by atoms with Crippen molar-refractivity contribution in [2.75, 3.05) is 26.0 Å². The van der Waals surface area contributed by atoms with Crippen LogP contribution in [0.25, 0.3) is 0 Å². The first kappa shape index (κ1) is 13.4. The molecule has 0 aliphatic heterocycles. The molecule has 1 rings (SSSR count). The third-order valence-electron chi connectivity index (χ3n) is 2.10. The van der Waals surface area contributed by atoms with Crippen LogP contribution in [0.3, 0.4) is 0 Å². The van der Waals surface area contributed by atoms with E-state index in [1.165, 1.54) is 4.90 Å². The minimum absolute atomic E-state index is 0.0178. The second-order valence-electron chi connectivity index (χ2n) is 3.70. The zero-order chi connectivity index (χ0) is 13.0. The van der Waals surface area contributed by atoms with Crippen LogP contribution in [0.1, 0.15) is 21.8 Å². The molecule has 94 valence electrons. The van der Waals surface area contributed by atoms with Gasteiger partial charge in [-0.15, -0.1) is 0 Å². The van der Waals surface area contributed by atoms with E-state index >= 15 is 0 Å². The summed E-state index contributed by atoms with van der Waals surface area (Å²) in [5.74, 6) is -0.957. The van der Waals surface area contributed by atoms with E-state index in [0.29, 0.717) is 23.8 Å². The quantitative estimate of drug-likeness (QED) is 0.823. The second kappa shape index (κ2) is 5.62. The van der Waals surface area contributed by atoms with Crippen molar-refractivity contribution < 1.29 is 14.7 Å². The number of amides is 1. The number of aryl methyl sites for hydroxylation is 1. The van der Waals surface area contributed by atoms with Crippen LogP contribution in [-0.2, 0) is 4.79 Å². The number of aromatic nitrogens is 1. The van der Waals surface area contributed by atoms with Gasteiger partial charge in [0.2, 0.25) is 5.91 Å². The summed E-state index contributed by atoms with van der Waals surface area (Å²) in [5.41, 5.74) is 0.490. The number of nitrogens with zero attached hydrogens (tertiary/aromatic N) is 2. The molecule has 0 radical (unpaired) electrons. The maximum absolute atomic E-state index is 11.3. The van der Waals surface area contributed by atoms with Gasteiger partial charge in [-0.2, -0.15) is 0 Å². The van der Waals surface area contributed by atoms with Crippen molar-refractivity contribution in [2.24, 2.45) is 0 Å². The smallest absolute Gasteiger partial charge is 0.347 e. The fourth-order valence-corrected chi connectivity index (χ4v) is 2.00. The predicted octanol–water partition coefficient (Wildman–Crippen LogP) is 1.04. The largest absolute Gasteiger partial charge is 0.477 e. The van der Waals surface area contributed by atoms with Crippen LogP contribution in [0, 0.1) is 6.92 Å². The third-order valence-corrected chi connectivity index (χ3v) is 3.21. The number of carboxylic acids is 1. The van der Waals surface area contributed by atoms with Gasteiger partial charge in [0.1, 0.15) is 4.88 Å². The number of anilines is 1. The summed E-state index contributed by atoms with van der Waals surface area (Å²) in [7, 11) is 3.39. The van der Waals surface area contributed by atoms with Crippen molar-refractivity contribution in [1.82, 2.24) is 9.88 Å². The number of rotatable bonds is 5. The van der Waals surface area contributed by atoms with Gasteiger partial charge in [0, 0.05) is 27.1 Å². The van der Waals surface area contributed by atoms with Crippen molar-refractivity contribution >= 4 is 28.3 Å². The van der Waals surface area contributed by atoms with Gasteiger partial charge >= 0.3 is 5.97 Å². The molecule has 0 aliphatic rings. The summed E-state index contributed by atoms with van der Waals surface area (Å²) >= 11 is 1.08. The number of carboxylic acid groups (broad SMARTS) is 1. The van der Waals surface area contributed by atoms with Gasteiger partial charge in [0.05, 0.1) is 5.69 Å². The fourth-order valence-electron chi connectivity index (χ4n) is 1.17. The number of hydrogen-bond acceptors (Lipinski definition) is 5. The van der Waals surface area contributed by atoms with E-state index in [1.807, 2.05) is 0 Å². The van der Waals surface area contributed by atoms with E-state index in [2.05, 4.69) is 10.3 Å². The first-order valence-corrected chi connectivity index (χ1v) is 5.88. The predicted molar refractivity (Wildman–Crippen MR) is 65.6 cm³/mol. The van der Waals surface area contributed by atoms with E-state index in [4.69, 9.17) is 5.11 Å². The molecule has 0 saturated carbocycles. The van der Waals surface area contributed by atoms with Crippen LogP contribution in [0.4, 0.5) is 5.13 Å². The number of hydrogen-bond donors (Lipinski definition) is 2. The molecule has 1 heterocycles. The molecule has 1 amide bonds. The maximum atomic E-state index is 11.3. The van der Waals surface area contributed by atoms with Gasteiger partial charge in [0.15, 0.2) is 5.13 Å². The Morgan fingerprint density at radius 2 is 2.12 bits per heavy atom. The van der Waals surface area contributed by atoms with Crippen molar-refractivity contribution in [2.45, 2.75) is 13.3 Å². The molecule has 0 fully saturated rings. The minimum Gasteiger partial charge on any atom is -0.477 e. The lowest BCUT2D eigenvalue weighted by atomic mass is 10.4. The van der Waals surface area contributed by atoms with E-state index < -0.39 is 5.97 Å². The summed E-state index contributed by atoms with van der Waals surface area (Å²) in [4.78, 5) is 27.9. The molecule has 0 bridgehead atoms. The molecular weight excluding hydrogens is 242 g/mol. The standard InChI is InChI=1S/C10H15N3O3S/c1-6-8(9(15)16)17-10(12-6)11-5-4-7(14)13(2)3/h4-5H2,1-3H3,(H,11,12)(H,15,16). The van der Waals surface area contributed by atoms with Crippen molar-refractivity contribution in [3.05, 3.63) is 10.6 Å². The van der Waals surface area contributed by atoms with Gasteiger partial charge < -0.3 is 15.3 Å². The maximum Gasteiger partial charge on any atom is 0.347 e. The van der Waals surface area contributed by atoms with E-state index in [-0.39, 0.29) is 10.8 Å². The lowest BCUT2D eigenvalue weighted by Crippen LogP contribution is -2.23. The number of aromatic carboxylic acids is 1. The molecule has 0 atom stereocenters. The number of nitrogens with one attached hydrogen (secondary N) is 1. The van der Waals surface area contributed by atoms with Crippen LogP contribution in [-0.4, -0.2) is 47.5 Å². The van der Waals surface area contributed by atoms with Crippen LogP contribution in [0.2, 0.25) is 0 Å². The number of thiazole rings is 1. The Bertz CT molecular complexity index is 428. The summed E-state index contributed by atoms with van der Waals surface area (Å²) in [6.45, 7) is 2.10. The first-order chi connectivity index (χ1) is 7.91. The average Bonchev–Trinajstić information content (AvgIpc) is 2.59. The Labute approximate surface area is 103 Å². The molecule has 7 heteroatoms. The highest BCUT2D eigenvalue weighted by atomic mass is 32.1. The molecule has 0 aromatic carbocycles. The monoisotopic (exact) mass is 257 g/mol. The van der Waals surface area contributed by atoms with Crippen LogP contribution >= 0.6 is 11.3 Å². The first-order valence-electron chi connectivity index (χ1n) is 5.06.